The molecule has 1 aromatic carbocycles. The molecule has 0 aliphatic carbocycles. The second-order valence-corrected chi connectivity index (χ2v) is 6.37. The fourth-order valence-electron chi connectivity index (χ4n) is 1.90. The number of amides is 2. The van der Waals surface area contributed by atoms with E-state index in [4.69, 9.17) is 4.74 Å². The molecule has 0 aromatic heterocycles. The molecule has 0 saturated heterocycles. The van der Waals surface area contributed by atoms with Crippen molar-refractivity contribution in [1.29, 1.82) is 0 Å². The summed E-state index contributed by atoms with van der Waals surface area (Å²) in [6, 6.07) is 8.40. The predicted molar refractivity (Wildman–Crippen MR) is 90.0 cm³/mol. The minimum Gasteiger partial charge on any atom is -0.444 e. The van der Waals surface area contributed by atoms with E-state index in [1.54, 1.807) is 27.8 Å². The summed E-state index contributed by atoms with van der Waals surface area (Å²) in [6.07, 6.45) is -0.539. The molecule has 0 radical (unpaired) electrons. The smallest absolute Gasteiger partial charge is 0.410 e. The van der Waals surface area contributed by atoms with Crippen molar-refractivity contribution in [1.82, 2.24) is 10.2 Å². The minimum absolute atomic E-state index is 0.256. The van der Waals surface area contributed by atoms with E-state index in [9.17, 15) is 9.59 Å². The fraction of sp³-hybridized carbons (Fsp3) is 0.500. The van der Waals surface area contributed by atoms with Gasteiger partial charge in [0.2, 0.25) is 5.91 Å². The summed E-state index contributed by atoms with van der Waals surface area (Å²) in [6.45, 7) is 5.80. The highest BCUT2D eigenvalue weighted by molar-refractivity contribution is 7.80. The number of carbonyl (C=O) groups excluding carboxylic acids is 2. The van der Waals surface area contributed by atoms with Gasteiger partial charge in [0, 0.05) is 19.3 Å². The van der Waals surface area contributed by atoms with Gasteiger partial charge in [0.15, 0.2) is 0 Å². The molecule has 0 aliphatic rings. The third kappa shape index (κ3) is 5.60. The highest BCUT2D eigenvalue weighted by atomic mass is 32.1. The Morgan fingerprint density at radius 1 is 1.27 bits per heavy atom. The largest absolute Gasteiger partial charge is 0.444 e. The molecule has 6 heteroatoms. The van der Waals surface area contributed by atoms with E-state index in [-0.39, 0.29) is 5.91 Å². The second-order valence-electron chi connectivity index (χ2n) is 5.92. The highest BCUT2D eigenvalue weighted by Gasteiger charge is 2.31. The SMILES string of the molecule is CN(C(=O)OC(C)(C)C)[C@H](C(=O)NCCS)c1ccccc1. The molecule has 0 saturated carbocycles. The van der Waals surface area contributed by atoms with Crippen LogP contribution in [0.3, 0.4) is 0 Å². The summed E-state index contributed by atoms with van der Waals surface area (Å²) in [4.78, 5) is 26.0. The van der Waals surface area contributed by atoms with Crippen LogP contribution in [0.15, 0.2) is 30.3 Å². The molecular formula is C16H24N2O3S. The molecule has 1 atom stereocenters. The number of nitrogens with zero attached hydrogens (tertiary/aromatic N) is 1. The minimum atomic E-state index is -0.740. The van der Waals surface area contributed by atoms with Gasteiger partial charge in [-0.2, -0.15) is 12.6 Å². The van der Waals surface area contributed by atoms with Gasteiger partial charge in [-0.15, -0.1) is 0 Å². The Hall–Kier alpha value is -1.69. The Morgan fingerprint density at radius 2 is 1.86 bits per heavy atom. The number of ether oxygens (including phenoxy) is 1. The van der Waals surface area contributed by atoms with Crippen LogP contribution in [-0.4, -0.2) is 41.8 Å². The molecule has 0 aliphatic heterocycles. The van der Waals surface area contributed by atoms with E-state index in [2.05, 4.69) is 17.9 Å². The molecule has 122 valence electrons. The molecule has 0 heterocycles. The van der Waals surface area contributed by atoms with E-state index in [0.717, 1.165) is 5.56 Å². The lowest BCUT2D eigenvalue weighted by Gasteiger charge is -2.30. The molecule has 2 amide bonds. The molecule has 0 fully saturated rings. The quantitative estimate of drug-likeness (QED) is 0.819. The van der Waals surface area contributed by atoms with E-state index in [1.807, 2.05) is 30.3 Å². The van der Waals surface area contributed by atoms with Crippen LogP contribution in [0.5, 0.6) is 0 Å². The normalized spacial score (nSPS) is 12.4. The number of carbonyl (C=O) groups is 2. The predicted octanol–water partition coefficient (Wildman–Crippen LogP) is 2.64. The lowest BCUT2D eigenvalue weighted by atomic mass is 10.1. The van der Waals surface area contributed by atoms with E-state index >= 15 is 0 Å². The average molecular weight is 324 g/mol. The maximum Gasteiger partial charge on any atom is 0.410 e. The first kappa shape index (κ1) is 18.4. The molecule has 1 aromatic rings. The number of hydrogen-bond acceptors (Lipinski definition) is 4. The third-order valence-electron chi connectivity index (χ3n) is 2.84. The van der Waals surface area contributed by atoms with Crippen LogP contribution in [-0.2, 0) is 9.53 Å². The topological polar surface area (TPSA) is 58.6 Å². The van der Waals surface area contributed by atoms with Crippen molar-refractivity contribution in [2.24, 2.45) is 0 Å². The summed E-state index contributed by atoms with van der Waals surface area (Å²) < 4.78 is 5.35. The summed E-state index contributed by atoms with van der Waals surface area (Å²) in [5.74, 6) is 0.275. The molecule has 1 N–H and O–H groups in total. The van der Waals surface area contributed by atoms with Crippen LogP contribution >= 0.6 is 12.6 Å². The van der Waals surface area contributed by atoms with Gasteiger partial charge in [0.25, 0.3) is 0 Å². The molecular weight excluding hydrogens is 300 g/mol. The van der Waals surface area contributed by atoms with Gasteiger partial charge in [-0.05, 0) is 26.3 Å². The van der Waals surface area contributed by atoms with Crippen molar-refractivity contribution in [2.75, 3.05) is 19.3 Å². The van der Waals surface area contributed by atoms with Crippen molar-refractivity contribution in [3.63, 3.8) is 0 Å². The molecule has 1 rings (SSSR count). The zero-order chi connectivity index (χ0) is 16.8. The first-order valence-corrected chi connectivity index (χ1v) is 7.79. The van der Waals surface area contributed by atoms with E-state index in [1.165, 1.54) is 4.90 Å². The van der Waals surface area contributed by atoms with Gasteiger partial charge in [-0.25, -0.2) is 4.79 Å². The second kappa shape index (κ2) is 8.08. The first-order valence-electron chi connectivity index (χ1n) is 7.15. The number of rotatable bonds is 5. The van der Waals surface area contributed by atoms with Gasteiger partial charge in [-0.1, -0.05) is 30.3 Å². The number of thiol groups is 1. The van der Waals surface area contributed by atoms with Crippen molar-refractivity contribution in [3.05, 3.63) is 35.9 Å². The zero-order valence-corrected chi connectivity index (χ0v) is 14.4. The van der Waals surface area contributed by atoms with Crippen molar-refractivity contribution < 1.29 is 14.3 Å². The zero-order valence-electron chi connectivity index (χ0n) is 13.5. The summed E-state index contributed by atoms with van der Waals surface area (Å²) in [5.41, 5.74) is 0.112. The lowest BCUT2D eigenvalue weighted by molar-refractivity contribution is -0.126. The Balaban J connectivity index is 2.99. The first-order chi connectivity index (χ1) is 10.3. The van der Waals surface area contributed by atoms with Crippen molar-refractivity contribution in [2.45, 2.75) is 32.4 Å². The summed E-state index contributed by atoms with van der Waals surface area (Å²) in [7, 11) is 1.56. The molecule has 0 spiro atoms. The Morgan fingerprint density at radius 3 is 2.36 bits per heavy atom. The van der Waals surface area contributed by atoms with E-state index < -0.39 is 17.7 Å². The fourth-order valence-corrected chi connectivity index (χ4v) is 2.01. The van der Waals surface area contributed by atoms with Gasteiger partial charge >= 0.3 is 6.09 Å². The van der Waals surface area contributed by atoms with Crippen LogP contribution in [0.1, 0.15) is 32.4 Å². The van der Waals surface area contributed by atoms with Gasteiger partial charge in [0.1, 0.15) is 11.6 Å². The van der Waals surface area contributed by atoms with Crippen LogP contribution in [0.25, 0.3) is 0 Å². The Bertz CT molecular complexity index is 500. The van der Waals surface area contributed by atoms with Crippen molar-refractivity contribution >= 4 is 24.6 Å². The van der Waals surface area contributed by atoms with Gasteiger partial charge in [0.05, 0.1) is 0 Å². The van der Waals surface area contributed by atoms with Gasteiger partial charge in [-0.3, -0.25) is 9.69 Å². The Kier molecular flexibility index (Phi) is 6.74. The lowest BCUT2D eigenvalue weighted by Crippen LogP contribution is -2.44. The maximum absolute atomic E-state index is 12.4. The average Bonchev–Trinajstić information content (AvgIpc) is 2.44. The van der Waals surface area contributed by atoms with E-state index in [0.29, 0.717) is 12.3 Å². The van der Waals surface area contributed by atoms with Crippen LogP contribution < -0.4 is 5.32 Å². The number of benzene rings is 1. The number of nitrogens with one attached hydrogen (secondary N) is 1. The standard InChI is InChI=1S/C16H24N2O3S/c1-16(2,3)21-15(20)18(4)13(14(19)17-10-11-22)12-8-6-5-7-9-12/h5-9,13,22H,10-11H2,1-4H3,(H,17,19)/t13-/m0/s1. The van der Waals surface area contributed by atoms with Crippen molar-refractivity contribution in [3.8, 4) is 0 Å². The Labute approximate surface area is 137 Å². The summed E-state index contributed by atoms with van der Waals surface area (Å²) in [5, 5.41) is 2.76. The highest BCUT2D eigenvalue weighted by Crippen LogP contribution is 2.22. The molecule has 0 unspecified atom stereocenters. The molecule has 22 heavy (non-hydrogen) atoms. The summed E-state index contributed by atoms with van der Waals surface area (Å²) >= 11 is 4.08. The molecule has 5 nitrogen and oxygen atoms in total. The van der Waals surface area contributed by atoms with Crippen LogP contribution in [0, 0.1) is 0 Å². The number of likely N-dealkylation sites (N-methyl/N-ethyl adjacent to an activating group) is 1. The van der Waals surface area contributed by atoms with Crippen LogP contribution in [0.4, 0.5) is 4.79 Å². The number of hydrogen-bond donors (Lipinski definition) is 2. The van der Waals surface area contributed by atoms with Gasteiger partial charge < -0.3 is 10.1 Å². The maximum atomic E-state index is 12.4. The molecule has 0 bridgehead atoms. The third-order valence-corrected chi connectivity index (χ3v) is 3.07. The van der Waals surface area contributed by atoms with Crippen LogP contribution in [0.2, 0.25) is 0 Å². The monoisotopic (exact) mass is 324 g/mol.